The molecule has 0 aliphatic heterocycles. The van der Waals surface area contributed by atoms with Crippen molar-refractivity contribution in [3.05, 3.63) is 71.8 Å². The van der Waals surface area contributed by atoms with Gasteiger partial charge in [-0.05, 0) is 17.0 Å². The van der Waals surface area contributed by atoms with E-state index in [1.54, 1.807) is 6.92 Å². The summed E-state index contributed by atoms with van der Waals surface area (Å²) in [6, 6.07) is 19.8. The van der Waals surface area contributed by atoms with Gasteiger partial charge in [0.25, 0.3) is 0 Å². The second-order valence-electron chi connectivity index (χ2n) is 5.98. The fourth-order valence-corrected chi connectivity index (χ4v) is 2.78. The Hall–Kier alpha value is -3.13. The number of primary amides is 1. The summed E-state index contributed by atoms with van der Waals surface area (Å²) in [4.78, 5) is 24.7. The maximum Gasteiger partial charge on any atom is 0.240 e. The number of hydrogen-bond acceptors (Lipinski definition) is 3. The summed E-state index contributed by atoms with van der Waals surface area (Å²) in [5.74, 6) is -1.88. The van der Waals surface area contributed by atoms with E-state index in [4.69, 9.17) is 11.0 Å². The average Bonchev–Trinajstić information content (AvgIpc) is 2.61. The molecule has 2 atom stereocenters. The minimum Gasteiger partial charge on any atom is -0.368 e. The van der Waals surface area contributed by atoms with E-state index in [9.17, 15) is 9.59 Å². The lowest BCUT2D eigenvalue weighted by Gasteiger charge is -2.24. The van der Waals surface area contributed by atoms with Crippen molar-refractivity contribution in [1.82, 2.24) is 5.32 Å². The molecule has 0 fully saturated rings. The summed E-state index contributed by atoms with van der Waals surface area (Å²) in [5, 5.41) is 11.6. The van der Waals surface area contributed by atoms with Crippen LogP contribution in [0.5, 0.6) is 0 Å². The minimum atomic E-state index is -0.887. The summed E-state index contributed by atoms with van der Waals surface area (Å²) in [6.45, 7) is 1.72. The number of hydrogen-bond donors (Lipinski definition) is 2. The van der Waals surface area contributed by atoms with Crippen LogP contribution >= 0.6 is 0 Å². The zero-order chi connectivity index (χ0) is 18.2. The van der Waals surface area contributed by atoms with Gasteiger partial charge in [0.2, 0.25) is 11.8 Å². The lowest BCUT2D eigenvalue weighted by molar-refractivity contribution is -0.128. The van der Waals surface area contributed by atoms with Gasteiger partial charge in [-0.3, -0.25) is 9.59 Å². The molecule has 25 heavy (non-hydrogen) atoms. The van der Waals surface area contributed by atoms with Crippen molar-refractivity contribution in [1.29, 1.82) is 5.26 Å². The first-order valence-electron chi connectivity index (χ1n) is 8.11. The Morgan fingerprint density at radius 1 is 1.04 bits per heavy atom. The second-order valence-corrected chi connectivity index (χ2v) is 5.98. The highest BCUT2D eigenvalue weighted by Crippen LogP contribution is 2.25. The van der Waals surface area contributed by atoms with Crippen molar-refractivity contribution in [3.8, 4) is 6.07 Å². The Morgan fingerprint density at radius 2 is 1.52 bits per heavy atom. The first kappa shape index (κ1) is 18.2. The van der Waals surface area contributed by atoms with E-state index in [0.717, 1.165) is 11.1 Å². The molecule has 0 unspecified atom stereocenters. The van der Waals surface area contributed by atoms with Gasteiger partial charge in [0.15, 0.2) is 0 Å². The van der Waals surface area contributed by atoms with E-state index in [1.165, 1.54) is 0 Å². The van der Waals surface area contributed by atoms with Gasteiger partial charge in [-0.1, -0.05) is 67.6 Å². The predicted octanol–water partition coefficient (Wildman–Crippen LogP) is 2.34. The monoisotopic (exact) mass is 335 g/mol. The molecule has 5 heteroatoms. The quantitative estimate of drug-likeness (QED) is 0.813. The Labute approximate surface area is 147 Å². The van der Waals surface area contributed by atoms with Gasteiger partial charge in [0.05, 0.1) is 12.0 Å². The van der Waals surface area contributed by atoms with Crippen molar-refractivity contribution in [3.63, 3.8) is 0 Å². The van der Waals surface area contributed by atoms with E-state index < -0.39 is 17.9 Å². The number of benzene rings is 2. The fourth-order valence-electron chi connectivity index (χ4n) is 2.78. The SMILES string of the molecule is C[C@H](CC#N)[C@H](NC(=O)C(c1ccccc1)c1ccccc1)C(N)=O. The Kier molecular flexibility index (Phi) is 6.30. The average molecular weight is 335 g/mol. The third-order valence-corrected chi connectivity index (χ3v) is 4.11. The molecule has 2 rings (SSSR count). The van der Waals surface area contributed by atoms with Crippen LogP contribution in [0.25, 0.3) is 0 Å². The molecular weight excluding hydrogens is 314 g/mol. The van der Waals surface area contributed by atoms with Gasteiger partial charge >= 0.3 is 0 Å². The molecule has 0 radical (unpaired) electrons. The first-order valence-corrected chi connectivity index (χ1v) is 8.11. The van der Waals surface area contributed by atoms with Gasteiger partial charge < -0.3 is 11.1 Å². The van der Waals surface area contributed by atoms with Crippen LogP contribution in [-0.2, 0) is 9.59 Å². The number of nitriles is 1. The molecule has 0 aliphatic carbocycles. The highest BCUT2D eigenvalue weighted by atomic mass is 16.2. The van der Waals surface area contributed by atoms with Crippen molar-refractivity contribution >= 4 is 11.8 Å². The third-order valence-electron chi connectivity index (χ3n) is 4.11. The molecule has 128 valence electrons. The summed E-state index contributed by atoms with van der Waals surface area (Å²) in [5.41, 5.74) is 7.07. The van der Waals surface area contributed by atoms with Crippen molar-refractivity contribution in [2.75, 3.05) is 0 Å². The molecule has 2 aromatic carbocycles. The molecule has 5 nitrogen and oxygen atoms in total. The number of carbonyl (C=O) groups is 2. The Morgan fingerprint density at radius 3 is 1.92 bits per heavy atom. The number of nitrogens with zero attached hydrogens (tertiary/aromatic N) is 1. The molecule has 0 heterocycles. The molecule has 0 aliphatic rings. The van der Waals surface area contributed by atoms with Crippen LogP contribution in [0.1, 0.15) is 30.4 Å². The lowest BCUT2D eigenvalue weighted by Crippen LogP contribution is -2.49. The summed E-state index contributed by atoms with van der Waals surface area (Å²) in [7, 11) is 0. The second kappa shape index (κ2) is 8.65. The molecular formula is C20H21N3O2. The van der Waals surface area contributed by atoms with Crippen LogP contribution in [-0.4, -0.2) is 17.9 Å². The van der Waals surface area contributed by atoms with E-state index in [2.05, 4.69) is 5.32 Å². The molecule has 0 bridgehead atoms. The van der Waals surface area contributed by atoms with E-state index in [0.29, 0.717) is 0 Å². The number of carbonyl (C=O) groups excluding carboxylic acids is 2. The number of nitrogens with two attached hydrogens (primary N) is 1. The first-order chi connectivity index (χ1) is 12.0. The van der Waals surface area contributed by atoms with Gasteiger partial charge in [-0.15, -0.1) is 0 Å². The van der Waals surface area contributed by atoms with Gasteiger partial charge in [0, 0.05) is 6.42 Å². The molecule has 0 aromatic heterocycles. The minimum absolute atomic E-state index is 0.134. The summed E-state index contributed by atoms with van der Waals surface area (Å²) >= 11 is 0. The predicted molar refractivity (Wildman–Crippen MR) is 95.2 cm³/mol. The maximum absolute atomic E-state index is 13.0. The molecule has 0 saturated carbocycles. The lowest BCUT2D eigenvalue weighted by atomic mass is 9.89. The van der Waals surface area contributed by atoms with Crippen LogP contribution in [0, 0.1) is 17.2 Å². The van der Waals surface area contributed by atoms with Crippen molar-refractivity contribution in [2.45, 2.75) is 25.3 Å². The third kappa shape index (κ3) is 4.67. The fraction of sp³-hybridized carbons (Fsp3) is 0.250. The van der Waals surface area contributed by atoms with Crippen LogP contribution in [0.4, 0.5) is 0 Å². The van der Waals surface area contributed by atoms with Crippen LogP contribution in [0.3, 0.4) is 0 Å². The van der Waals surface area contributed by atoms with E-state index >= 15 is 0 Å². The smallest absolute Gasteiger partial charge is 0.240 e. The van der Waals surface area contributed by atoms with E-state index in [1.807, 2.05) is 66.7 Å². The zero-order valence-corrected chi connectivity index (χ0v) is 14.1. The van der Waals surface area contributed by atoms with Gasteiger partial charge in [-0.2, -0.15) is 5.26 Å². The van der Waals surface area contributed by atoms with Gasteiger partial charge in [-0.25, -0.2) is 0 Å². The molecule has 0 saturated heterocycles. The number of nitrogens with one attached hydrogen (secondary N) is 1. The molecule has 2 aromatic rings. The maximum atomic E-state index is 13.0. The normalized spacial score (nSPS) is 12.8. The molecule has 0 spiro atoms. The molecule has 2 amide bonds. The Bertz CT molecular complexity index is 714. The number of amides is 2. The van der Waals surface area contributed by atoms with Crippen LogP contribution in [0.15, 0.2) is 60.7 Å². The zero-order valence-electron chi connectivity index (χ0n) is 14.1. The van der Waals surface area contributed by atoms with Crippen LogP contribution < -0.4 is 11.1 Å². The van der Waals surface area contributed by atoms with Crippen molar-refractivity contribution in [2.24, 2.45) is 11.7 Å². The summed E-state index contributed by atoms with van der Waals surface area (Å²) in [6.07, 6.45) is 0.134. The highest BCUT2D eigenvalue weighted by Gasteiger charge is 2.29. The van der Waals surface area contributed by atoms with Gasteiger partial charge in [0.1, 0.15) is 6.04 Å². The van der Waals surface area contributed by atoms with Crippen LogP contribution in [0.2, 0.25) is 0 Å². The highest BCUT2D eigenvalue weighted by molar-refractivity contribution is 5.92. The standard InChI is InChI=1S/C20H21N3O2/c1-14(12-13-21)18(19(22)24)23-20(25)17(15-8-4-2-5-9-15)16-10-6-3-7-11-16/h2-11,14,17-18H,12H2,1H3,(H2,22,24)(H,23,25)/t14-,18+/m1/s1. The van der Waals surface area contributed by atoms with Crippen molar-refractivity contribution < 1.29 is 9.59 Å². The summed E-state index contributed by atoms with van der Waals surface area (Å²) < 4.78 is 0. The topological polar surface area (TPSA) is 96.0 Å². The molecule has 3 N–H and O–H groups in total. The Balaban J connectivity index is 2.33. The number of rotatable bonds is 7. The largest absolute Gasteiger partial charge is 0.368 e. The van der Waals surface area contributed by atoms with E-state index in [-0.39, 0.29) is 18.2 Å².